The third kappa shape index (κ3) is 3.84. The summed E-state index contributed by atoms with van der Waals surface area (Å²) < 4.78 is 35.9. The van der Waals surface area contributed by atoms with E-state index in [2.05, 4.69) is 25.8 Å². The summed E-state index contributed by atoms with van der Waals surface area (Å²) >= 11 is 0. The van der Waals surface area contributed by atoms with Gasteiger partial charge in [-0.2, -0.15) is 0 Å². The third-order valence-corrected chi connectivity index (χ3v) is 7.20. The molecule has 0 radical (unpaired) electrons. The number of cyclic esters (lactones) is 1. The molecule has 35 heavy (non-hydrogen) atoms. The number of benzene rings is 1. The lowest BCUT2D eigenvalue weighted by molar-refractivity contribution is -0.149. The van der Waals surface area contributed by atoms with Gasteiger partial charge in [0.15, 0.2) is 0 Å². The Labute approximate surface area is 201 Å². The van der Waals surface area contributed by atoms with Crippen LogP contribution in [-0.2, 0) is 34.7 Å². The van der Waals surface area contributed by atoms with Crippen molar-refractivity contribution in [2.24, 2.45) is 5.41 Å². The lowest BCUT2D eigenvalue weighted by atomic mass is 9.85. The van der Waals surface area contributed by atoms with Crippen LogP contribution < -0.4 is 5.56 Å². The maximum absolute atomic E-state index is 15.0. The van der Waals surface area contributed by atoms with Gasteiger partial charge in [-0.1, -0.05) is 27.7 Å². The first-order chi connectivity index (χ1) is 16.4. The Balaban J connectivity index is 1.79. The number of aryl methyl sites for hydroxylation is 1. The van der Waals surface area contributed by atoms with Crippen LogP contribution in [0.5, 0.6) is 0 Å². The molecular formula is C27H28F2N2O4. The summed E-state index contributed by atoms with van der Waals surface area (Å²) in [5, 5.41) is 11.6. The molecule has 184 valence electrons. The van der Waals surface area contributed by atoms with Gasteiger partial charge in [0.05, 0.1) is 35.4 Å². The molecule has 1 N–H and O–H groups in total. The normalized spacial score (nSPS) is 19.2. The molecule has 2 aliphatic heterocycles. The molecule has 0 unspecified atom stereocenters. The Morgan fingerprint density at radius 1 is 1.17 bits per heavy atom. The number of nitrogens with zero attached hydrogens (tertiary/aromatic N) is 2. The maximum atomic E-state index is 15.0. The highest BCUT2D eigenvalue weighted by atomic mass is 19.1. The largest absolute Gasteiger partial charge is 0.460 e. The summed E-state index contributed by atoms with van der Waals surface area (Å²) in [6.45, 7) is 7.97. The highest BCUT2D eigenvalue weighted by molar-refractivity contribution is 5.88. The molecule has 0 fully saturated rings. The van der Waals surface area contributed by atoms with Crippen molar-refractivity contribution in [3.8, 4) is 11.4 Å². The summed E-state index contributed by atoms with van der Waals surface area (Å²) in [7, 11) is 0. The molecule has 0 amide bonds. The smallest absolute Gasteiger partial charge is 0.309 e. The van der Waals surface area contributed by atoms with Gasteiger partial charge in [0.2, 0.25) is 0 Å². The first kappa shape index (κ1) is 23.6. The molecule has 0 aliphatic carbocycles. The first-order valence-corrected chi connectivity index (χ1v) is 11.9. The van der Waals surface area contributed by atoms with Crippen LogP contribution in [-0.4, -0.2) is 20.6 Å². The topological polar surface area (TPSA) is 81.4 Å². The molecule has 2 aromatic heterocycles. The molecule has 0 spiro atoms. The molecule has 2 aliphatic rings. The highest BCUT2D eigenvalue weighted by Crippen LogP contribution is 2.41. The number of hydrogen-bond acceptors (Lipinski definition) is 5. The van der Waals surface area contributed by atoms with Crippen molar-refractivity contribution in [3.63, 3.8) is 0 Å². The molecule has 1 atom stereocenters. The second kappa shape index (κ2) is 7.95. The van der Waals surface area contributed by atoms with Gasteiger partial charge in [-0.3, -0.25) is 9.59 Å². The van der Waals surface area contributed by atoms with E-state index in [1.54, 1.807) is 13.0 Å². The second-order valence-corrected chi connectivity index (χ2v) is 10.8. The predicted octanol–water partition coefficient (Wildman–Crippen LogP) is 4.73. The maximum Gasteiger partial charge on any atom is 0.309 e. The van der Waals surface area contributed by atoms with Gasteiger partial charge >= 0.3 is 5.97 Å². The van der Waals surface area contributed by atoms with Crippen LogP contribution in [0.2, 0.25) is 0 Å². The van der Waals surface area contributed by atoms with Gasteiger partial charge in [-0.15, -0.1) is 0 Å². The molecule has 0 saturated carbocycles. The molecule has 1 aromatic carbocycles. The van der Waals surface area contributed by atoms with Gasteiger partial charge in [0.1, 0.15) is 23.8 Å². The van der Waals surface area contributed by atoms with Gasteiger partial charge in [0.25, 0.3) is 5.56 Å². The fraction of sp³-hybridized carbons (Fsp3) is 0.444. The number of hydrogen-bond donors (Lipinski definition) is 1. The highest BCUT2D eigenvalue weighted by Gasteiger charge is 2.40. The zero-order valence-electron chi connectivity index (χ0n) is 20.3. The van der Waals surface area contributed by atoms with E-state index in [1.807, 2.05) is 0 Å². The monoisotopic (exact) mass is 482 g/mol. The van der Waals surface area contributed by atoms with Crippen LogP contribution in [0, 0.1) is 17.0 Å². The van der Waals surface area contributed by atoms with E-state index in [4.69, 9.17) is 4.74 Å². The number of aromatic nitrogens is 2. The number of carbonyl (C=O) groups is 1. The fourth-order valence-corrected chi connectivity index (χ4v) is 5.20. The quantitative estimate of drug-likeness (QED) is 0.427. The third-order valence-electron chi connectivity index (χ3n) is 7.20. The van der Waals surface area contributed by atoms with Crippen LogP contribution in [0.25, 0.3) is 22.3 Å². The lowest BCUT2D eigenvalue weighted by Gasteiger charge is -2.26. The molecule has 3 aromatic rings. The Hall–Kier alpha value is -3.13. The number of carbonyl (C=O) groups excluding carboxylic acids is 1. The van der Waals surface area contributed by atoms with Crippen LogP contribution in [0.3, 0.4) is 0 Å². The number of aliphatic hydroxyl groups is 1. The van der Waals surface area contributed by atoms with E-state index in [0.29, 0.717) is 28.9 Å². The molecular weight excluding hydrogens is 454 g/mol. The Kier molecular flexibility index (Phi) is 5.36. The van der Waals surface area contributed by atoms with Gasteiger partial charge in [0, 0.05) is 23.1 Å². The average molecular weight is 483 g/mol. The van der Waals surface area contributed by atoms with Crippen molar-refractivity contribution in [2.45, 2.75) is 72.1 Å². The number of fused-ring (bicyclic) bond motifs is 5. The molecule has 6 nitrogen and oxygen atoms in total. The second-order valence-electron chi connectivity index (χ2n) is 10.8. The van der Waals surface area contributed by atoms with Crippen molar-refractivity contribution >= 4 is 16.9 Å². The minimum absolute atomic E-state index is 0.0277. The predicted molar refractivity (Wildman–Crippen MR) is 127 cm³/mol. The number of pyridine rings is 2. The van der Waals surface area contributed by atoms with E-state index in [1.165, 1.54) is 10.6 Å². The van der Waals surface area contributed by atoms with E-state index in [-0.39, 0.29) is 53.4 Å². The van der Waals surface area contributed by atoms with E-state index < -0.39 is 23.2 Å². The zero-order chi connectivity index (χ0) is 25.3. The molecule has 0 saturated heterocycles. The lowest BCUT2D eigenvalue weighted by Crippen LogP contribution is -2.32. The minimum atomic E-state index is -1.55. The number of ether oxygens (including phenoxy) is 1. The van der Waals surface area contributed by atoms with Gasteiger partial charge in [-0.05, 0) is 41.9 Å². The fourth-order valence-electron chi connectivity index (χ4n) is 5.20. The van der Waals surface area contributed by atoms with Crippen molar-refractivity contribution in [1.29, 1.82) is 0 Å². The van der Waals surface area contributed by atoms with Crippen molar-refractivity contribution in [1.82, 2.24) is 9.55 Å². The Morgan fingerprint density at radius 3 is 2.60 bits per heavy atom. The average Bonchev–Trinajstić information content (AvgIpc) is 3.07. The van der Waals surface area contributed by atoms with Crippen LogP contribution in [0.15, 0.2) is 23.0 Å². The summed E-state index contributed by atoms with van der Waals surface area (Å²) in [6.07, 6.45) is 1.24. The number of rotatable bonds is 3. The van der Waals surface area contributed by atoms with Crippen LogP contribution >= 0.6 is 0 Å². The van der Waals surface area contributed by atoms with E-state index in [0.717, 1.165) is 18.1 Å². The van der Waals surface area contributed by atoms with Crippen molar-refractivity contribution < 1.29 is 23.4 Å². The van der Waals surface area contributed by atoms with Gasteiger partial charge < -0.3 is 14.4 Å². The summed E-state index contributed by atoms with van der Waals surface area (Å²) in [6, 6.07) is 3.76. The van der Waals surface area contributed by atoms with Crippen LogP contribution in [0.1, 0.15) is 69.2 Å². The standard InChI is InChI=1S/C27H28F2N2O4/c1-5-27(34)11-22(32)35-13-17-18(27)10-21-24-16(12-31(21)25(17)33)15(6-7-26(2,3)4)23-19(29)8-14(28)9-20(23)30-24/h8-10,34H,5-7,11-13H2,1-4H3/t27-/m1/s1. The van der Waals surface area contributed by atoms with E-state index >= 15 is 4.39 Å². The number of esters is 1. The zero-order valence-corrected chi connectivity index (χ0v) is 20.3. The minimum Gasteiger partial charge on any atom is -0.460 e. The van der Waals surface area contributed by atoms with Crippen molar-refractivity contribution in [3.05, 3.63) is 62.4 Å². The SMILES string of the molecule is CC[C@@]1(O)CC(=O)OCc2c1cc1n(c2=O)Cc2c-1nc1cc(F)cc(F)c1c2CCC(C)(C)C. The summed E-state index contributed by atoms with van der Waals surface area (Å²) in [5.41, 5.74) is 1.18. The summed E-state index contributed by atoms with van der Waals surface area (Å²) in [4.78, 5) is 30.3. The first-order valence-electron chi connectivity index (χ1n) is 11.9. The number of halogens is 2. The Bertz CT molecular complexity index is 1450. The van der Waals surface area contributed by atoms with Crippen molar-refractivity contribution in [2.75, 3.05) is 0 Å². The Morgan fingerprint density at radius 2 is 1.91 bits per heavy atom. The molecule has 0 bridgehead atoms. The van der Waals surface area contributed by atoms with E-state index in [9.17, 15) is 19.1 Å². The van der Waals surface area contributed by atoms with Gasteiger partial charge in [-0.25, -0.2) is 13.8 Å². The molecule has 5 rings (SSSR count). The molecule has 4 heterocycles. The summed E-state index contributed by atoms with van der Waals surface area (Å²) in [5.74, 6) is -1.97. The van der Waals surface area contributed by atoms with Crippen LogP contribution in [0.4, 0.5) is 8.78 Å². The molecule has 8 heteroatoms.